The molecule has 0 radical (unpaired) electrons. The summed E-state index contributed by atoms with van der Waals surface area (Å²) in [5.74, 6) is 2.89. The number of hydrogen-bond donors (Lipinski definition) is 2. The molecule has 2 N–H and O–H groups in total. The summed E-state index contributed by atoms with van der Waals surface area (Å²) in [5.41, 5.74) is 3.88. The first kappa shape index (κ1) is 27.8. The summed E-state index contributed by atoms with van der Waals surface area (Å²) >= 11 is 0. The number of piperazine rings is 1. The Hall–Kier alpha value is -3.76. The van der Waals surface area contributed by atoms with Gasteiger partial charge >= 0.3 is 0 Å². The lowest BCUT2D eigenvalue weighted by molar-refractivity contribution is 0.0981. The minimum atomic E-state index is 0.524. The van der Waals surface area contributed by atoms with Crippen LogP contribution in [0.5, 0.6) is 17.2 Å². The highest BCUT2D eigenvalue weighted by atomic mass is 16.5. The van der Waals surface area contributed by atoms with Crippen molar-refractivity contribution < 1.29 is 14.2 Å². The fourth-order valence-corrected chi connectivity index (χ4v) is 5.46. The molecule has 0 spiro atoms. The van der Waals surface area contributed by atoms with Crippen molar-refractivity contribution in [1.29, 1.82) is 0 Å². The van der Waals surface area contributed by atoms with Gasteiger partial charge in [-0.05, 0) is 49.7 Å². The molecular weight excluding hydrogens is 506 g/mol. The number of nitrogens with zero attached hydrogens (tertiary/aromatic N) is 5. The monoisotopic (exact) mass is 547 g/mol. The lowest BCUT2D eigenvalue weighted by atomic mass is 10.0. The summed E-state index contributed by atoms with van der Waals surface area (Å²) in [5, 5.41) is 6.65. The van der Waals surface area contributed by atoms with E-state index in [-0.39, 0.29) is 0 Å². The molecule has 0 saturated carbocycles. The predicted molar refractivity (Wildman–Crippen MR) is 159 cm³/mol. The Morgan fingerprint density at radius 3 is 2.10 bits per heavy atom. The van der Waals surface area contributed by atoms with Crippen molar-refractivity contribution in [2.24, 2.45) is 0 Å². The number of likely N-dealkylation sites (N-methyl/N-ethyl adjacent to an activating group) is 1. The second-order valence-corrected chi connectivity index (χ2v) is 10.4. The van der Waals surface area contributed by atoms with E-state index < -0.39 is 0 Å². The normalized spacial score (nSPS) is 16.9. The number of piperidine rings is 1. The van der Waals surface area contributed by atoms with Crippen LogP contribution in [0.4, 0.5) is 23.0 Å². The van der Waals surface area contributed by atoms with E-state index in [0.29, 0.717) is 18.5 Å². The highest BCUT2D eigenvalue weighted by Gasteiger charge is 2.27. The van der Waals surface area contributed by atoms with Crippen LogP contribution in [0.25, 0.3) is 0 Å². The zero-order valence-corrected chi connectivity index (χ0v) is 24.0. The zero-order valence-electron chi connectivity index (χ0n) is 24.0. The fraction of sp³-hybridized carbons (Fsp3) is 0.467. The standard InChI is InChI=1S/C30H41N7O3/c1-35-11-13-36(14-12-35)25-7-9-37(10-8-25)28-6-5-23(17-29(28)40-4)34-30-32-20-24(21-33-30)31-19-22-15-26(38-2)18-27(16-22)39-3/h5-6,15-18,20-21,25,31H,7-14,19H2,1-4H3,(H,32,33,34). The number of aromatic nitrogens is 2. The SMILES string of the molecule is COc1cc(CNc2cnc(Nc3ccc(N4CCC(N5CCN(C)CC5)CC4)c(OC)c3)nc2)cc(OC)c1. The minimum absolute atomic E-state index is 0.524. The van der Waals surface area contributed by atoms with Gasteiger partial charge in [-0.25, -0.2) is 9.97 Å². The maximum Gasteiger partial charge on any atom is 0.227 e. The van der Waals surface area contributed by atoms with Gasteiger partial charge in [0, 0.05) is 69.7 Å². The van der Waals surface area contributed by atoms with Gasteiger partial charge in [-0.1, -0.05) is 0 Å². The summed E-state index contributed by atoms with van der Waals surface area (Å²) in [4.78, 5) is 16.5. The van der Waals surface area contributed by atoms with Crippen LogP contribution in [0, 0.1) is 0 Å². The van der Waals surface area contributed by atoms with Crippen LogP contribution >= 0.6 is 0 Å². The lowest BCUT2D eigenvalue weighted by Crippen LogP contribution is -2.52. The third kappa shape index (κ3) is 6.86. The summed E-state index contributed by atoms with van der Waals surface area (Å²) in [6.45, 7) is 7.38. The van der Waals surface area contributed by atoms with Crippen LogP contribution in [0.2, 0.25) is 0 Å². The van der Waals surface area contributed by atoms with Crippen molar-refractivity contribution in [2.75, 3.05) is 83.2 Å². The number of anilines is 4. The molecular formula is C30H41N7O3. The molecule has 10 heteroatoms. The Morgan fingerprint density at radius 2 is 1.48 bits per heavy atom. The maximum absolute atomic E-state index is 5.79. The van der Waals surface area contributed by atoms with Gasteiger partial charge in [-0.15, -0.1) is 0 Å². The number of methoxy groups -OCH3 is 3. The largest absolute Gasteiger partial charge is 0.497 e. The molecule has 1 aromatic heterocycles. The minimum Gasteiger partial charge on any atom is -0.497 e. The summed E-state index contributed by atoms with van der Waals surface area (Å²) in [6.07, 6.45) is 5.91. The van der Waals surface area contributed by atoms with Gasteiger partial charge in [0.05, 0.1) is 45.1 Å². The van der Waals surface area contributed by atoms with Crippen LogP contribution < -0.4 is 29.7 Å². The highest BCUT2D eigenvalue weighted by molar-refractivity contribution is 5.67. The van der Waals surface area contributed by atoms with Gasteiger partial charge in [0.2, 0.25) is 5.95 Å². The lowest BCUT2D eigenvalue weighted by Gasteiger charge is -2.42. The molecule has 10 nitrogen and oxygen atoms in total. The Balaban J connectivity index is 1.16. The van der Waals surface area contributed by atoms with Crippen LogP contribution in [-0.4, -0.2) is 93.5 Å². The molecule has 40 heavy (non-hydrogen) atoms. The third-order valence-corrected chi connectivity index (χ3v) is 7.86. The fourth-order valence-electron chi connectivity index (χ4n) is 5.46. The summed E-state index contributed by atoms with van der Waals surface area (Å²) in [7, 11) is 7.24. The second-order valence-electron chi connectivity index (χ2n) is 10.4. The summed E-state index contributed by atoms with van der Waals surface area (Å²) in [6, 6.07) is 12.7. The van der Waals surface area contributed by atoms with Crippen LogP contribution in [0.15, 0.2) is 48.8 Å². The Bertz CT molecular complexity index is 1220. The van der Waals surface area contributed by atoms with E-state index in [0.717, 1.165) is 53.0 Å². The molecule has 2 aliphatic rings. The second kappa shape index (κ2) is 13.1. The van der Waals surface area contributed by atoms with Crippen LogP contribution in [0.3, 0.4) is 0 Å². The van der Waals surface area contributed by atoms with Crippen LogP contribution in [-0.2, 0) is 6.54 Å². The molecule has 214 valence electrons. The van der Waals surface area contributed by atoms with Crippen molar-refractivity contribution in [3.05, 3.63) is 54.4 Å². The van der Waals surface area contributed by atoms with E-state index in [2.05, 4.69) is 54.5 Å². The number of rotatable bonds is 10. The van der Waals surface area contributed by atoms with Gasteiger partial charge in [0.1, 0.15) is 17.2 Å². The van der Waals surface area contributed by atoms with Crippen molar-refractivity contribution >= 4 is 23.0 Å². The zero-order chi connectivity index (χ0) is 27.9. The molecule has 2 aromatic carbocycles. The Labute approximate surface area is 237 Å². The average Bonchev–Trinajstić information content (AvgIpc) is 3.01. The molecule has 0 amide bonds. The van der Waals surface area contributed by atoms with Crippen molar-refractivity contribution in [3.8, 4) is 17.2 Å². The molecule has 3 heterocycles. The van der Waals surface area contributed by atoms with E-state index in [4.69, 9.17) is 14.2 Å². The van der Waals surface area contributed by atoms with Gasteiger partial charge < -0.3 is 34.6 Å². The molecule has 5 rings (SSSR count). The number of ether oxygens (including phenoxy) is 3. The topological polar surface area (TPSA) is 87.3 Å². The van der Waals surface area contributed by atoms with E-state index in [1.165, 1.54) is 39.0 Å². The van der Waals surface area contributed by atoms with Crippen molar-refractivity contribution in [1.82, 2.24) is 19.8 Å². The van der Waals surface area contributed by atoms with E-state index in [1.807, 2.05) is 24.3 Å². The maximum atomic E-state index is 5.79. The molecule has 0 aliphatic carbocycles. The van der Waals surface area contributed by atoms with Crippen LogP contribution in [0.1, 0.15) is 18.4 Å². The predicted octanol–water partition coefficient (Wildman–Crippen LogP) is 4.07. The van der Waals surface area contributed by atoms with Gasteiger partial charge in [0.25, 0.3) is 0 Å². The quantitative estimate of drug-likeness (QED) is 0.387. The van der Waals surface area contributed by atoms with E-state index in [1.54, 1.807) is 33.7 Å². The first-order chi connectivity index (χ1) is 19.5. The summed E-state index contributed by atoms with van der Waals surface area (Å²) < 4.78 is 16.5. The smallest absolute Gasteiger partial charge is 0.227 e. The number of benzene rings is 2. The van der Waals surface area contributed by atoms with Gasteiger partial charge in [0.15, 0.2) is 0 Å². The Kier molecular flexibility index (Phi) is 9.08. The number of hydrogen-bond acceptors (Lipinski definition) is 10. The first-order valence-corrected chi connectivity index (χ1v) is 13.9. The van der Waals surface area contributed by atoms with E-state index >= 15 is 0 Å². The van der Waals surface area contributed by atoms with Gasteiger partial charge in [-0.3, -0.25) is 4.90 Å². The molecule has 3 aromatic rings. The van der Waals surface area contributed by atoms with Gasteiger partial charge in [-0.2, -0.15) is 0 Å². The average molecular weight is 548 g/mol. The third-order valence-electron chi connectivity index (χ3n) is 7.86. The molecule has 2 saturated heterocycles. The molecule has 2 fully saturated rings. The number of nitrogens with one attached hydrogen (secondary N) is 2. The highest BCUT2D eigenvalue weighted by Crippen LogP contribution is 2.34. The van der Waals surface area contributed by atoms with E-state index in [9.17, 15) is 0 Å². The Morgan fingerprint density at radius 1 is 0.800 bits per heavy atom. The molecule has 0 bridgehead atoms. The van der Waals surface area contributed by atoms with Crippen molar-refractivity contribution in [3.63, 3.8) is 0 Å². The first-order valence-electron chi connectivity index (χ1n) is 13.9. The molecule has 0 unspecified atom stereocenters. The molecule has 0 atom stereocenters. The van der Waals surface area contributed by atoms with Crippen molar-refractivity contribution in [2.45, 2.75) is 25.4 Å². The molecule has 2 aliphatic heterocycles.